The van der Waals surface area contributed by atoms with Crippen molar-refractivity contribution in [2.24, 2.45) is 0 Å². The van der Waals surface area contributed by atoms with Crippen LogP contribution in [0.3, 0.4) is 0 Å². The van der Waals surface area contributed by atoms with Crippen molar-refractivity contribution in [3.05, 3.63) is 70.4 Å². The molecule has 38 heavy (non-hydrogen) atoms. The van der Waals surface area contributed by atoms with Crippen molar-refractivity contribution < 1.29 is 14.1 Å². The summed E-state index contributed by atoms with van der Waals surface area (Å²) in [6, 6.07) is 9.01. The van der Waals surface area contributed by atoms with Crippen LogP contribution in [0.5, 0.6) is 5.75 Å². The molecule has 10 heteroatoms. The maximum atomic E-state index is 13.9. The molecule has 0 fully saturated rings. The highest BCUT2D eigenvalue weighted by Crippen LogP contribution is 2.39. The number of hydrogen-bond donors (Lipinski definition) is 1. The van der Waals surface area contributed by atoms with Crippen LogP contribution in [0.4, 0.5) is 0 Å². The molecule has 4 heterocycles. The first kappa shape index (κ1) is 25.2. The quantitative estimate of drug-likeness (QED) is 0.330. The number of carbonyl (C=O) groups is 1. The Labute approximate surface area is 219 Å². The number of rotatable bonds is 8. The number of nitrogens with one attached hydrogen (secondary N) is 1. The molecule has 1 atom stereocenters. The number of nitrogens with zero attached hydrogens (tertiary/aromatic N) is 5. The van der Waals surface area contributed by atoms with E-state index in [-0.39, 0.29) is 18.1 Å². The number of methoxy groups -OCH3 is 1. The number of imidazole rings is 1. The van der Waals surface area contributed by atoms with Gasteiger partial charge in [0.2, 0.25) is 5.91 Å². The smallest absolute Gasteiger partial charge is 0.330 e. The normalized spacial score (nSPS) is 12.2. The number of amides is 1. The lowest BCUT2D eigenvalue weighted by Gasteiger charge is -2.15. The topological polar surface area (TPSA) is 117 Å². The van der Waals surface area contributed by atoms with E-state index in [0.29, 0.717) is 34.6 Å². The third-order valence-electron chi connectivity index (χ3n) is 6.79. The fourth-order valence-electron chi connectivity index (χ4n) is 4.94. The fourth-order valence-corrected chi connectivity index (χ4v) is 4.94. The van der Waals surface area contributed by atoms with Crippen LogP contribution in [-0.2, 0) is 11.3 Å². The molecule has 0 bridgehead atoms. The molecule has 0 aliphatic heterocycles. The van der Waals surface area contributed by atoms with Gasteiger partial charge in [-0.15, -0.1) is 0 Å². The first-order chi connectivity index (χ1) is 18.3. The SMILES string of the molecule is CCCNC(=O)Cn1c(=O)n([C@H](C)c2ccccn2)c2c3cc(OC)c(-c4c(C)noc4C)cc3ncc21. The summed E-state index contributed by atoms with van der Waals surface area (Å²) in [5.41, 5.74) is 4.69. The number of aryl methyl sites for hydroxylation is 2. The molecular formula is C28H30N6O4. The van der Waals surface area contributed by atoms with Crippen LogP contribution >= 0.6 is 0 Å². The minimum atomic E-state index is -0.398. The molecular weight excluding hydrogens is 484 g/mol. The van der Waals surface area contributed by atoms with E-state index in [1.54, 1.807) is 24.1 Å². The van der Waals surface area contributed by atoms with E-state index in [4.69, 9.17) is 14.2 Å². The van der Waals surface area contributed by atoms with E-state index in [0.717, 1.165) is 34.3 Å². The highest BCUT2D eigenvalue weighted by Gasteiger charge is 2.25. The van der Waals surface area contributed by atoms with E-state index in [2.05, 4.69) is 15.5 Å². The first-order valence-electron chi connectivity index (χ1n) is 12.6. The van der Waals surface area contributed by atoms with Crippen LogP contribution in [0.1, 0.15) is 43.5 Å². The molecule has 4 aromatic heterocycles. The minimum absolute atomic E-state index is 0.112. The molecule has 5 aromatic rings. The van der Waals surface area contributed by atoms with Gasteiger partial charge in [0.25, 0.3) is 0 Å². The third-order valence-corrected chi connectivity index (χ3v) is 6.79. The number of pyridine rings is 2. The van der Waals surface area contributed by atoms with Gasteiger partial charge in [-0.05, 0) is 51.5 Å². The number of hydrogen-bond acceptors (Lipinski definition) is 7. The van der Waals surface area contributed by atoms with Crippen LogP contribution in [0.15, 0.2) is 52.0 Å². The first-order valence-corrected chi connectivity index (χ1v) is 12.6. The molecule has 0 aliphatic carbocycles. The van der Waals surface area contributed by atoms with E-state index in [1.165, 1.54) is 4.57 Å². The average Bonchev–Trinajstić information content (AvgIpc) is 3.41. The van der Waals surface area contributed by atoms with E-state index < -0.39 is 6.04 Å². The fraction of sp³-hybridized carbons (Fsp3) is 0.321. The lowest BCUT2D eigenvalue weighted by atomic mass is 10.00. The Balaban J connectivity index is 1.80. The largest absolute Gasteiger partial charge is 0.496 e. The molecule has 0 radical (unpaired) electrons. The summed E-state index contributed by atoms with van der Waals surface area (Å²) in [6.07, 6.45) is 4.16. The predicted molar refractivity (Wildman–Crippen MR) is 144 cm³/mol. The second-order valence-electron chi connectivity index (χ2n) is 9.28. The van der Waals surface area contributed by atoms with E-state index in [1.807, 2.05) is 58.0 Å². The van der Waals surface area contributed by atoms with Crippen LogP contribution in [-0.4, -0.2) is 43.8 Å². The highest BCUT2D eigenvalue weighted by atomic mass is 16.5. The van der Waals surface area contributed by atoms with Crippen LogP contribution in [0.25, 0.3) is 33.1 Å². The Bertz CT molecular complexity index is 1680. The van der Waals surface area contributed by atoms with Gasteiger partial charge in [0.1, 0.15) is 18.1 Å². The Morgan fingerprint density at radius 2 is 2.03 bits per heavy atom. The van der Waals surface area contributed by atoms with Crippen molar-refractivity contribution in [3.8, 4) is 16.9 Å². The predicted octanol–water partition coefficient (Wildman–Crippen LogP) is 4.16. The molecule has 0 spiro atoms. The molecule has 10 nitrogen and oxygen atoms in total. The molecule has 1 N–H and O–H groups in total. The average molecular weight is 515 g/mol. The molecule has 1 aromatic carbocycles. The minimum Gasteiger partial charge on any atom is -0.496 e. The molecule has 1 amide bonds. The van der Waals surface area contributed by atoms with Gasteiger partial charge < -0.3 is 14.6 Å². The van der Waals surface area contributed by atoms with Crippen molar-refractivity contribution >= 4 is 27.8 Å². The monoisotopic (exact) mass is 514 g/mol. The van der Waals surface area contributed by atoms with Crippen molar-refractivity contribution in [1.29, 1.82) is 0 Å². The Kier molecular flexibility index (Phi) is 6.71. The summed E-state index contributed by atoms with van der Waals surface area (Å²) in [5.74, 6) is 1.04. The van der Waals surface area contributed by atoms with Crippen molar-refractivity contribution in [2.45, 2.75) is 46.7 Å². The molecule has 0 aliphatic rings. The zero-order chi connectivity index (χ0) is 27.0. The molecule has 0 saturated heterocycles. The van der Waals surface area contributed by atoms with Crippen molar-refractivity contribution in [3.63, 3.8) is 0 Å². The molecule has 5 rings (SSSR count). The van der Waals surface area contributed by atoms with Gasteiger partial charge in [-0.3, -0.25) is 23.9 Å². The maximum absolute atomic E-state index is 13.9. The lowest BCUT2D eigenvalue weighted by Crippen LogP contribution is -2.34. The third kappa shape index (κ3) is 4.21. The van der Waals surface area contributed by atoms with Crippen LogP contribution in [0, 0.1) is 13.8 Å². The summed E-state index contributed by atoms with van der Waals surface area (Å²) in [6.45, 7) is 8.06. The van der Waals surface area contributed by atoms with Gasteiger partial charge in [-0.1, -0.05) is 18.1 Å². The second kappa shape index (κ2) is 10.1. The maximum Gasteiger partial charge on any atom is 0.330 e. The van der Waals surface area contributed by atoms with Gasteiger partial charge in [-0.2, -0.15) is 0 Å². The lowest BCUT2D eigenvalue weighted by molar-refractivity contribution is -0.121. The Morgan fingerprint density at radius 1 is 1.21 bits per heavy atom. The van der Waals surface area contributed by atoms with Gasteiger partial charge in [0, 0.05) is 23.7 Å². The van der Waals surface area contributed by atoms with Crippen molar-refractivity contribution in [1.82, 2.24) is 29.6 Å². The standard InChI is InChI=1S/C28H30N6O4/c1-6-10-30-25(35)15-33-23-14-31-22-12-20(26-16(2)32-38-18(26)4)24(37-5)13-19(22)27(23)34(28(33)36)17(3)21-9-7-8-11-29-21/h7-9,11-14,17H,6,10,15H2,1-5H3,(H,30,35)/t17-/m1/s1. The molecule has 196 valence electrons. The summed E-state index contributed by atoms with van der Waals surface area (Å²) < 4.78 is 14.4. The summed E-state index contributed by atoms with van der Waals surface area (Å²) in [5, 5.41) is 7.67. The second-order valence-corrected chi connectivity index (χ2v) is 9.28. The Morgan fingerprint density at radius 3 is 2.68 bits per heavy atom. The molecule has 0 saturated carbocycles. The summed E-state index contributed by atoms with van der Waals surface area (Å²) in [4.78, 5) is 35.8. The number of benzene rings is 1. The number of carbonyl (C=O) groups excluding carboxylic acids is 1. The van der Waals surface area contributed by atoms with Crippen LogP contribution < -0.4 is 15.7 Å². The number of aromatic nitrogens is 5. The van der Waals surface area contributed by atoms with Gasteiger partial charge in [-0.25, -0.2) is 4.79 Å². The van der Waals surface area contributed by atoms with Gasteiger partial charge >= 0.3 is 5.69 Å². The van der Waals surface area contributed by atoms with Crippen LogP contribution in [0.2, 0.25) is 0 Å². The number of fused-ring (bicyclic) bond motifs is 3. The van der Waals surface area contributed by atoms with Crippen molar-refractivity contribution in [2.75, 3.05) is 13.7 Å². The highest BCUT2D eigenvalue weighted by molar-refractivity contribution is 6.05. The van der Waals surface area contributed by atoms with Gasteiger partial charge in [0.15, 0.2) is 0 Å². The van der Waals surface area contributed by atoms with E-state index >= 15 is 0 Å². The molecule has 0 unspecified atom stereocenters. The zero-order valence-electron chi connectivity index (χ0n) is 22.1. The van der Waals surface area contributed by atoms with Gasteiger partial charge in [0.05, 0.1) is 52.8 Å². The summed E-state index contributed by atoms with van der Waals surface area (Å²) >= 11 is 0. The summed E-state index contributed by atoms with van der Waals surface area (Å²) in [7, 11) is 1.60. The number of ether oxygens (including phenoxy) is 1. The van der Waals surface area contributed by atoms with E-state index in [9.17, 15) is 9.59 Å². The zero-order valence-corrected chi connectivity index (χ0v) is 22.1. The Hall–Kier alpha value is -4.47.